The molecular formula is C16H18N2O4. The molecule has 0 aliphatic carbocycles. The number of hydrogen-bond acceptors (Lipinski definition) is 5. The molecule has 0 aliphatic heterocycles. The van der Waals surface area contributed by atoms with Gasteiger partial charge in [0.1, 0.15) is 18.5 Å². The smallest absolute Gasteiger partial charge is 0.273 e. The zero-order valence-electron chi connectivity index (χ0n) is 12.3. The lowest BCUT2D eigenvalue weighted by atomic mass is 10.2. The average Bonchev–Trinajstić information content (AvgIpc) is 2.54. The molecule has 2 aromatic carbocycles. The van der Waals surface area contributed by atoms with Crippen LogP contribution in [-0.4, -0.2) is 36.3 Å². The Kier molecular flexibility index (Phi) is 5.32. The minimum Gasteiger partial charge on any atom is -0.491 e. The Bertz CT molecular complexity index is 619. The molecule has 6 heteroatoms. The standard InChI is InChI=1S/C16H18N2O4/c1-17(13-6-3-2-4-7-13)11-15(19)12-22-16-9-5-8-14(10-16)18(20)21/h2-10,15,19H,11-12H2,1H3. The van der Waals surface area contributed by atoms with Gasteiger partial charge in [0.05, 0.1) is 11.0 Å². The molecule has 0 fully saturated rings. The highest BCUT2D eigenvalue weighted by molar-refractivity contribution is 5.45. The molecule has 1 unspecified atom stereocenters. The van der Waals surface area contributed by atoms with Crippen LogP contribution in [0.5, 0.6) is 5.75 Å². The first-order valence-corrected chi connectivity index (χ1v) is 6.88. The second-order valence-corrected chi connectivity index (χ2v) is 4.94. The van der Waals surface area contributed by atoms with E-state index in [-0.39, 0.29) is 12.3 Å². The first-order chi connectivity index (χ1) is 10.6. The quantitative estimate of drug-likeness (QED) is 0.628. The summed E-state index contributed by atoms with van der Waals surface area (Å²) in [6.45, 7) is 0.470. The van der Waals surface area contributed by atoms with Crippen LogP contribution in [-0.2, 0) is 0 Å². The normalized spacial score (nSPS) is 11.7. The molecule has 0 aliphatic rings. The van der Waals surface area contributed by atoms with Crippen LogP contribution in [0, 0.1) is 10.1 Å². The number of non-ortho nitro benzene ring substituents is 1. The van der Waals surface area contributed by atoms with Crippen LogP contribution < -0.4 is 9.64 Å². The molecule has 0 heterocycles. The average molecular weight is 302 g/mol. The summed E-state index contributed by atoms with van der Waals surface area (Å²) >= 11 is 0. The Balaban J connectivity index is 1.86. The number of nitrogens with zero attached hydrogens (tertiary/aromatic N) is 2. The lowest BCUT2D eigenvalue weighted by Gasteiger charge is -2.22. The van der Waals surface area contributed by atoms with Gasteiger partial charge in [0, 0.05) is 25.3 Å². The molecule has 6 nitrogen and oxygen atoms in total. The molecule has 0 aromatic heterocycles. The lowest BCUT2D eigenvalue weighted by Crippen LogP contribution is -2.33. The molecule has 0 saturated heterocycles. The van der Waals surface area contributed by atoms with Crippen molar-refractivity contribution in [1.82, 2.24) is 0 Å². The maximum atomic E-state index is 10.7. The molecule has 0 radical (unpaired) electrons. The third-order valence-corrected chi connectivity index (χ3v) is 3.15. The summed E-state index contributed by atoms with van der Waals surface area (Å²) in [7, 11) is 1.88. The lowest BCUT2D eigenvalue weighted by molar-refractivity contribution is -0.384. The van der Waals surface area contributed by atoms with Crippen LogP contribution in [0.1, 0.15) is 0 Å². The minimum absolute atomic E-state index is 0.0339. The Hall–Kier alpha value is -2.60. The first kappa shape index (κ1) is 15.8. The van der Waals surface area contributed by atoms with Gasteiger partial charge in [-0.2, -0.15) is 0 Å². The van der Waals surface area contributed by atoms with Crippen LogP contribution in [0.2, 0.25) is 0 Å². The molecule has 0 amide bonds. The largest absolute Gasteiger partial charge is 0.491 e. The summed E-state index contributed by atoms with van der Waals surface area (Å²) in [4.78, 5) is 12.1. The number of anilines is 1. The van der Waals surface area contributed by atoms with E-state index in [1.165, 1.54) is 12.1 Å². The van der Waals surface area contributed by atoms with Crippen molar-refractivity contribution in [3.05, 3.63) is 64.7 Å². The Morgan fingerprint density at radius 1 is 1.23 bits per heavy atom. The van der Waals surface area contributed by atoms with Crippen molar-refractivity contribution in [1.29, 1.82) is 0 Å². The van der Waals surface area contributed by atoms with Crippen molar-refractivity contribution in [3.8, 4) is 5.75 Å². The van der Waals surface area contributed by atoms with E-state index in [4.69, 9.17) is 4.74 Å². The van der Waals surface area contributed by atoms with Crippen LogP contribution >= 0.6 is 0 Å². The van der Waals surface area contributed by atoms with Crippen molar-refractivity contribution in [3.63, 3.8) is 0 Å². The van der Waals surface area contributed by atoms with Gasteiger partial charge in [-0.25, -0.2) is 0 Å². The summed E-state index contributed by atoms with van der Waals surface area (Å²) in [5, 5.41) is 20.7. The van der Waals surface area contributed by atoms with E-state index < -0.39 is 11.0 Å². The molecular weight excluding hydrogens is 284 g/mol. The maximum Gasteiger partial charge on any atom is 0.273 e. The summed E-state index contributed by atoms with van der Waals surface area (Å²) < 4.78 is 5.41. The number of benzene rings is 2. The highest BCUT2D eigenvalue weighted by Crippen LogP contribution is 2.19. The number of likely N-dealkylation sites (N-methyl/N-ethyl adjacent to an activating group) is 1. The van der Waals surface area contributed by atoms with E-state index in [0.29, 0.717) is 12.3 Å². The molecule has 2 aromatic rings. The third kappa shape index (κ3) is 4.46. The second-order valence-electron chi connectivity index (χ2n) is 4.94. The summed E-state index contributed by atoms with van der Waals surface area (Å²) in [6.07, 6.45) is -0.704. The van der Waals surface area contributed by atoms with E-state index in [9.17, 15) is 15.2 Å². The number of aliphatic hydroxyl groups is 1. The number of nitro groups is 1. The molecule has 0 saturated carbocycles. The van der Waals surface area contributed by atoms with E-state index >= 15 is 0 Å². The summed E-state index contributed by atoms with van der Waals surface area (Å²) in [5.74, 6) is 0.371. The van der Waals surface area contributed by atoms with Crippen LogP contribution in [0.3, 0.4) is 0 Å². The predicted octanol–water partition coefficient (Wildman–Crippen LogP) is 2.47. The van der Waals surface area contributed by atoms with Gasteiger partial charge in [-0.15, -0.1) is 0 Å². The molecule has 116 valence electrons. The van der Waals surface area contributed by atoms with Crippen molar-refractivity contribution in [2.45, 2.75) is 6.10 Å². The Labute approximate surface area is 128 Å². The van der Waals surface area contributed by atoms with Crippen molar-refractivity contribution >= 4 is 11.4 Å². The van der Waals surface area contributed by atoms with E-state index in [1.807, 2.05) is 42.3 Å². The van der Waals surface area contributed by atoms with Crippen molar-refractivity contribution in [2.24, 2.45) is 0 Å². The van der Waals surface area contributed by atoms with Gasteiger partial charge < -0.3 is 14.7 Å². The number of hydrogen-bond donors (Lipinski definition) is 1. The molecule has 0 spiro atoms. The summed E-state index contributed by atoms with van der Waals surface area (Å²) in [5.41, 5.74) is 0.963. The van der Waals surface area contributed by atoms with Crippen LogP contribution in [0.15, 0.2) is 54.6 Å². The zero-order chi connectivity index (χ0) is 15.9. The van der Waals surface area contributed by atoms with E-state index in [0.717, 1.165) is 5.69 Å². The van der Waals surface area contributed by atoms with Gasteiger partial charge >= 0.3 is 0 Å². The van der Waals surface area contributed by atoms with Gasteiger partial charge in [0.2, 0.25) is 0 Å². The van der Waals surface area contributed by atoms with Gasteiger partial charge in [-0.1, -0.05) is 24.3 Å². The SMILES string of the molecule is CN(CC(O)COc1cccc([N+](=O)[O-])c1)c1ccccc1. The molecule has 1 N–H and O–H groups in total. The van der Waals surface area contributed by atoms with Crippen LogP contribution in [0.25, 0.3) is 0 Å². The third-order valence-electron chi connectivity index (χ3n) is 3.15. The van der Waals surface area contributed by atoms with Gasteiger partial charge in [-0.3, -0.25) is 10.1 Å². The Morgan fingerprint density at radius 2 is 1.95 bits per heavy atom. The zero-order valence-corrected chi connectivity index (χ0v) is 12.3. The number of para-hydroxylation sites is 1. The predicted molar refractivity (Wildman–Crippen MR) is 84.3 cm³/mol. The fourth-order valence-corrected chi connectivity index (χ4v) is 2.04. The monoisotopic (exact) mass is 302 g/mol. The number of nitro benzene ring substituents is 1. The van der Waals surface area contributed by atoms with Gasteiger partial charge in [0.15, 0.2) is 0 Å². The number of rotatable bonds is 7. The molecule has 0 bridgehead atoms. The van der Waals surface area contributed by atoms with Crippen molar-refractivity contribution < 1.29 is 14.8 Å². The maximum absolute atomic E-state index is 10.7. The van der Waals surface area contributed by atoms with E-state index in [1.54, 1.807) is 12.1 Å². The van der Waals surface area contributed by atoms with Crippen molar-refractivity contribution in [2.75, 3.05) is 25.1 Å². The first-order valence-electron chi connectivity index (χ1n) is 6.88. The number of aliphatic hydroxyl groups excluding tert-OH is 1. The summed E-state index contributed by atoms with van der Waals surface area (Å²) in [6, 6.07) is 15.6. The van der Waals surface area contributed by atoms with Crippen LogP contribution in [0.4, 0.5) is 11.4 Å². The molecule has 2 rings (SSSR count). The van der Waals surface area contributed by atoms with E-state index in [2.05, 4.69) is 0 Å². The fourth-order valence-electron chi connectivity index (χ4n) is 2.04. The number of ether oxygens (including phenoxy) is 1. The minimum atomic E-state index is -0.704. The topological polar surface area (TPSA) is 75.8 Å². The molecule has 1 atom stereocenters. The second kappa shape index (κ2) is 7.42. The highest BCUT2D eigenvalue weighted by Gasteiger charge is 2.11. The molecule has 22 heavy (non-hydrogen) atoms. The van der Waals surface area contributed by atoms with Gasteiger partial charge in [0.25, 0.3) is 5.69 Å². The Morgan fingerprint density at radius 3 is 2.64 bits per heavy atom. The highest BCUT2D eigenvalue weighted by atomic mass is 16.6. The van der Waals surface area contributed by atoms with Gasteiger partial charge in [-0.05, 0) is 18.2 Å². The fraction of sp³-hybridized carbons (Fsp3) is 0.250.